The van der Waals surface area contributed by atoms with Gasteiger partial charge >= 0.3 is 5.91 Å². The number of hydrogen-bond acceptors (Lipinski definition) is 7. The van der Waals surface area contributed by atoms with Crippen LogP contribution >= 0.6 is 69.5 Å². The molecule has 1 aliphatic heterocycles. The molecule has 3 aromatic carbocycles. The van der Waals surface area contributed by atoms with E-state index in [-0.39, 0.29) is 21.3 Å². The van der Waals surface area contributed by atoms with E-state index in [0.29, 0.717) is 30.7 Å². The zero-order valence-corrected chi connectivity index (χ0v) is 24.0. The Morgan fingerprint density at radius 1 is 0.949 bits per heavy atom. The molecule has 5 rings (SSSR count). The maximum Gasteiger partial charge on any atom is 0.301 e. The van der Waals surface area contributed by atoms with E-state index >= 15 is 0 Å². The van der Waals surface area contributed by atoms with E-state index in [0.717, 1.165) is 33.9 Å². The molecule has 13 heteroatoms. The molecule has 0 bridgehead atoms. The highest BCUT2D eigenvalue weighted by atomic mass is 35.5. The Balaban J connectivity index is 1.55. The highest BCUT2D eigenvalue weighted by Crippen LogP contribution is 2.46. The van der Waals surface area contributed by atoms with E-state index in [1.165, 1.54) is 30.0 Å². The Bertz CT molecular complexity index is 1650. The van der Waals surface area contributed by atoms with Gasteiger partial charge in [-0.15, -0.1) is 10.2 Å². The number of hydrogen-bond donors (Lipinski definition) is 1. The number of amides is 1. The molecule has 1 saturated heterocycles. The van der Waals surface area contributed by atoms with Crippen LogP contribution in [0.4, 0.5) is 9.52 Å². The van der Waals surface area contributed by atoms with Gasteiger partial charge in [0.05, 0.1) is 11.6 Å². The first kappa shape index (κ1) is 27.9. The second-order valence-corrected chi connectivity index (χ2v) is 12.1. The van der Waals surface area contributed by atoms with Crippen LogP contribution in [0.5, 0.6) is 0 Å². The maximum absolute atomic E-state index is 13.5. The third-order valence-electron chi connectivity index (χ3n) is 5.79. The number of carbonyl (C=O) groups excluding carboxylic acids is 2. The second-order valence-electron chi connectivity index (χ2n) is 8.22. The number of rotatable bonds is 6. The number of halogens is 5. The van der Waals surface area contributed by atoms with Gasteiger partial charge in [-0.25, -0.2) is 4.39 Å². The average molecular weight is 641 g/mol. The van der Waals surface area contributed by atoms with E-state index in [1.54, 1.807) is 30.3 Å². The van der Waals surface area contributed by atoms with Gasteiger partial charge in [0.25, 0.3) is 5.78 Å². The van der Waals surface area contributed by atoms with Crippen LogP contribution in [0.25, 0.3) is 5.76 Å². The second kappa shape index (κ2) is 11.4. The largest absolute Gasteiger partial charge is 0.507 e. The van der Waals surface area contributed by atoms with Gasteiger partial charge in [0, 0.05) is 31.4 Å². The first-order valence-electron chi connectivity index (χ1n) is 11.1. The first-order chi connectivity index (χ1) is 18.6. The van der Waals surface area contributed by atoms with E-state index in [2.05, 4.69) is 10.2 Å². The van der Waals surface area contributed by atoms with Crippen LogP contribution in [0, 0.1) is 5.82 Å². The Morgan fingerprint density at radius 2 is 1.62 bits per heavy atom. The number of aliphatic hydroxyl groups excluding tert-OH is 1. The molecule has 1 unspecified atom stereocenters. The van der Waals surface area contributed by atoms with Gasteiger partial charge in [0.1, 0.15) is 11.6 Å². The summed E-state index contributed by atoms with van der Waals surface area (Å²) in [6.45, 7) is 0. The van der Waals surface area contributed by atoms with Gasteiger partial charge in [0.15, 0.2) is 4.34 Å². The molecule has 4 aromatic rings. The molecule has 1 amide bonds. The summed E-state index contributed by atoms with van der Waals surface area (Å²) in [5, 5.41) is 21.1. The summed E-state index contributed by atoms with van der Waals surface area (Å²) in [5.41, 5.74) is 1.09. The van der Waals surface area contributed by atoms with E-state index < -0.39 is 29.3 Å². The number of aliphatic hydroxyl groups is 1. The van der Waals surface area contributed by atoms with Gasteiger partial charge in [0.2, 0.25) is 5.13 Å². The number of ketones is 1. The molecule has 0 radical (unpaired) electrons. The van der Waals surface area contributed by atoms with Crippen molar-refractivity contribution >= 4 is 92.1 Å². The van der Waals surface area contributed by atoms with Crippen molar-refractivity contribution in [1.29, 1.82) is 0 Å². The quantitative estimate of drug-likeness (QED) is 0.0752. The lowest BCUT2D eigenvalue weighted by atomic mass is 9.95. The van der Waals surface area contributed by atoms with Gasteiger partial charge in [-0.3, -0.25) is 14.5 Å². The van der Waals surface area contributed by atoms with Crippen molar-refractivity contribution in [2.45, 2.75) is 16.1 Å². The number of aromatic nitrogens is 2. The predicted molar refractivity (Wildman–Crippen MR) is 154 cm³/mol. The van der Waals surface area contributed by atoms with Crippen LogP contribution in [0.2, 0.25) is 20.1 Å². The Labute approximate surface area is 250 Å². The number of nitrogens with zero attached hydrogens (tertiary/aromatic N) is 3. The molecule has 198 valence electrons. The lowest BCUT2D eigenvalue weighted by molar-refractivity contribution is -0.132. The van der Waals surface area contributed by atoms with Crippen molar-refractivity contribution in [3.8, 4) is 0 Å². The van der Waals surface area contributed by atoms with Crippen LogP contribution in [-0.2, 0) is 15.3 Å². The Hall–Kier alpha value is -2.66. The van der Waals surface area contributed by atoms with Crippen molar-refractivity contribution < 1.29 is 19.1 Å². The molecular weight excluding hydrogens is 627 g/mol. The molecule has 1 fully saturated rings. The van der Waals surface area contributed by atoms with E-state index in [4.69, 9.17) is 46.4 Å². The van der Waals surface area contributed by atoms with Gasteiger partial charge < -0.3 is 5.11 Å². The van der Waals surface area contributed by atoms with Crippen molar-refractivity contribution in [1.82, 2.24) is 10.2 Å². The van der Waals surface area contributed by atoms with Gasteiger partial charge in [-0.05, 0) is 59.7 Å². The number of Topliss-reactive ketones (excluding diaryl/α,β-unsaturated/α-hetero) is 1. The van der Waals surface area contributed by atoms with Crippen LogP contribution in [0.3, 0.4) is 0 Å². The number of thioether (sulfide) groups is 1. The van der Waals surface area contributed by atoms with E-state index in [1.807, 2.05) is 0 Å². The maximum atomic E-state index is 13.5. The molecule has 39 heavy (non-hydrogen) atoms. The number of carbonyl (C=O) groups is 2. The molecule has 0 saturated carbocycles. The lowest BCUT2D eigenvalue weighted by Crippen LogP contribution is -2.29. The molecular formula is C26H14Cl4FN3O3S2. The van der Waals surface area contributed by atoms with E-state index in [9.17, 15) is 19.1 Å². The molecule has 0 spiro atoms. The molecule has 1 N–H and O–H groups in total. The summed E-state index contributed by atoms with van der Waals surface area (Å²) in [4.78, 5) is 27.8. The standard InChI is InChI=1S/C26H14Cl4FN3O3S2/c27-14-4-1-13(18(29)9-14)11-38-26-33-32-25(39-26)34-21(17-8-5-15(28)10-19(17)30)20(23(36)24(34)37)22(35)12-2-6-16(31)7-3-12/h1-10,21,35H,11H2/b22-20-. The summed E-state index contributed by atoms with van der Waals surface area (Å²) in [6.07, 6.45) is 0. The Kier molecular flexibility index (Phi) is 8.19. The zero-order valence-electron chi connectivity index (χ0n) is 19.4. The predicted octanol–water partition coefficient (Wildman–Crippen LogP) is 8.21. The van der Waals surface area contributed by atoms with Crippen molar-refractivity contribution in [3.63, 3.8) is 0 Å². The highest BCUT2D eigenvalue weighted by molar-refractivity contribution is 8.00. The summed E-state index contributed by atoms with van der Waals surface area (Å²) in [5.74, 6) is -2.43. The van der Waals surface area contributed by atoms with Gasteiger partial charge in [-0.1, -0.05) is 81.6 Å². The van der Waals surface area contributed by atoms with Crippen molar-refractivity contribution in [2.75, 3.05) is 4.90 Å². The van der Waals surface area contributed by atoms with Crippen LogP contribution in [0.15, 0.2) is 70.6 Å². The monoisotopic (exact) mass is 639 g/mol. The normalized spacial score (nSPS) is 16.7. The molecule has 6 nitrogen and oxygen atoms in total. The minimum atomic E-state index is -1.14. The zero-order chi connectivity index (χ0) is 27.8. The van der Waals surface area contributed by atoms with Crippen LogP contribution in [-0.4, -0.2) is 27.0 Å². The summed E-state index contributed by atoms with van der Waals surface area (Å²) >= 11 is 27.2. The average Bonchev–Trinajstić information content (AvgIpc) is 3.46. The minimum Gasteiger partial charge on any atom is -0.507 e. The molecule has 2 heterocycles. The topological polar surface area (TPSA) is 83.4 Å². The third kappa shape index (κ3) is 5.66. The fourth-order valence-electron chi connectivity index (χ4n) is 3.95. The highest BCUT2D eigenvalue weighted by Gasteiger charge is 2.49. The minimum absolute atomic E-state index is 0.121. The summed E-state index contributed by atoms with van der Waals surface area (Å²) in [6, 6.07) is 13.5. The molecule has 0 aliphatic carbocycles. The Morgan fingerprint density at radius 3 is 2.28 bits per heavy atom. The van der Waals surface area contributed by atoms with Crippen molar-refractivity contribution in [3.05, 3.63) is 109 Å². The number of benzene rings is 3. The smallest absolute Gasteiger partial charge is 0.301 e. The fraction of sp³-hybridized carbons (Fsp3) is 0.0769. The lowest BCUT2D eigenvalue weighted by Gasteiger charge is -2.23. The number of anilines is 1. The summed E-state index contributed by atoms with van der Waals surface area (Å²) < 4.78 is 14.0. The fourth-order valence-corrected chi connectivity index (χ4v) is 6.88. The molecule has 1 aliphatic rings. The third-order valence-corrected chi connectivity index (χ3v) is 9.04. The summed E-state index contributed by atoms with van der Waals surface area (Å²) in [7, 11) is 0. The van der Waals surface area contributed by atoms with Crippen LogP contribution < -0.4 is 4.90 Å². The first-order valence-corrected chi connectivity index (χ1v) is 14.4. The SMILES string of the molecule is O=C1C(=O)N(c2nnc(SCc3ccc(Cl)cc3Cl)s2)C(c2ccc(Cl)cc2Cl)/C1=C(/O)c1ccc(F)cc1. The van der Waals surface area contributed by atoms with Crippen LogP contribution in [0.1, 0.15) is 22.7 Å². The molecule has 1 aromatic heterocycles. The molecule has 1 atom stereocenters. The van der Waals surface area contributed by atoms with Gasteiger partial charge in [-0.2, -0.15) is 0 Å². The van der Waals surface area contributed by atoms with Crippen molar-refractivity contribution in [2.24, 2.45) is 0 Å².